The lowest BCUT2D eigenvalue weighted by Gasteiger charge is -2.10. The summed E-state index contributed by atoms with van der Waals surface area (Å²) >= 11 is 1.64. The molecule has 0 spiro atoms. The molecular weight excluding hydrogens is 324 g/mol. The van der Waals surface area contributed by atoms with Crippen molar-refractivity contribution in [2.75, 3.05) is 24.4 Å². The zero-order valence-electron chi connectivity index (χ0n) is 13.2. The summed E-state index contributed by atoms with van der Waals surface area (Å²) in [5.41, 5.74) is 2.40. The highest BCUT2D eigenvalue weighted by Crippen LogP contribution is 2.31. The molecule has 2 N–H and O–H groups in total. The monoisotopic (exact) mass is 342 g/mol. The summed E-state index contributed by atoms with van der Waals surface area (Å²) in [4.78, 5) is 13.4. The molecule has 0 aliphatic rings. The predicted octanol–water partition coefficient (Wildman–Crippen LogP) is 3.90. The van der Waals surface area contributed by atoms with Crippen LogP contribution in [0.1, 0.15) is 0 Å². The molecule has 24 heavy (non-hydrogen) atoms. The second kappa shape index (κ2) is 7.76. The summed E-state index contributed by atoms with van der Waals surface area (Å²) in [6, 6.07) is 11.5. The minimum absolute atomic E-state index is 0.301. The molecular formula is C17H18N4O2S. The van der Waals surface area contributed by atoms with E-state index in [1.807, 2.05) is 41.8 Å². The van der Waals surface area contributed by atoms with Crippen molar-refractivity contribution in [2.45, 2.75) is 6.54 Å². The summed E-state index contributed by atoms with van der Waals surface area (Å²) in [5.74, 6) is 0. The molecule has 2 aromatic heterocycles. The maximum absolute atomic E-state index is 12.2. The molecule has 0 radical (unpaired) electrons. The first-order valence-electron chi connectivity index (χ1n) is 7.48. The second-order valence-electron chi connectivity index (χ2n) is 5.09. The number of nitrogens with one attached hydrogen (secondary N) is 2. The fourth-order valence-corrected chi connectivity index (χ4v) is 3.02. The molecule has 0 atom stereocenters. The lowest BCUT2D eigenvalue weighted by atomic mass is 10.1. The van der Waals surface area contributed by atoms with E-state index in [-0.39, 0.29) is 6.03 Å². The summed E-state index contributed by atoms with van der Waals surface area (Å²) in [7, 11) is 1.64. The van der Waals surface area contributed by atoms with Gasteiger partial charge in [0.2, 0.25) is 0 Å². The molecule has 3 rings (SSSR count). The van der Waals surface area contributed by atoms with Gasteiger partial charge in [-0.15, -0.1) is 11.3 Å². The Labute approximate surface area is 144 Å². The number of amides is 2. The third kappa shape index (κ3) is 4.01. The Morgan fingerprint density at radius 2 is 2.12 bits per heavy atom. The lowest BCUT2D eigenvalue weighted by Crippen LogP contribution is -2.19. The highest BCUT2D eigenvalue weighted by atomic mass is 32.1. The van der Waals surface area contributed by atoms with E-state index in [0.29, 0.717) is 18.8 Å². The van der Waals surface area contributed by atoms with Gasteiger partial charge in [-0.1, -0.05) is 24.3 Å². The van der Waals surface area contributed by atoms with E-state index in [2.05, 4.69) is 15.7 Å². The highest BCUT2D eigenvalue weighted by Gasteiger charge is 2.09. The fraction of sp³-hybridized carbons (Fsp3) is 0.176. The van der Waals surface area contributed by atoms with Crippen LogP contribution in [-0.2, 0) is 11.3 Å². The van der Waals surface area contributed by atoms with Crippen LogP contribution in [0.5, 0.6) is 0 Å². The first-order chi connectivity index (χ1) is 11.8. The number of thiophene rings is 1. The van der Waals surface area contributed by atoms with Crippen molar-refractivity contribution >= 4 is 28.7 Å². The van der Waals surface area contributed by atoms with E-state index >= 15 is 0 Å². The number of methoxy groups -OCH3 is 1. The maximum atomic E-state index is 12.2. The second-order valence-corrected chi connectivity index (χ2v) is 6.03. The molecule has 7 heteroatoms. The third-order valence-corrected chi connectivity index (χ3v) is 4.28. The Bertz CT molecular complexity index is 799. The molecule has 2 heterocycles. The van der Waals surface area contributed by atoms with Crippen molar-refractivity contribution in [1.82, 2.24) is 9.78 Å². The van der Waals surface area contributed by atoms with Gasteiger partial charge in [0, 0.05) is 23.7 Å². The average Bonchev–Trinajstić information content (AvgIpc) is 3.25. The Morgan fingerprint density at radius 3 is 2.92 bits per heavy atom. The van der Waals surface area contributed by atoms with Gasteiger partial charge in [0.1, 0.15) is 0 Å². The van der Waals surface area contributed by atoms with Gasteiger partial charge in [-0.25, -0.2) is 4.79 Å². The van der Waals surface area contributed by atoms with Crippen LogP contribution in [0.4, 0.5) is 16.2 Å². The Kier molecular flexibility index (Phi) is 5.25. The van der Waals surface area contributed by atoms with E-state index in [1.54, 1.807) is 35.5 Å². The molecule has 0 aliphatic heterocycles. The number of para-hydroxylation sites is 1. The highest BCUT2D eigenvalue weighted by molar-refractivity contribution is 7.13. The minimum Gasteiger partial charge on any atom is -0.383 e. The van der Waals surface area contributed by atoms with Gasteiger partial charge in [0.05, 0.1) is 30.7 Å². The van der Waals surface area contributed by atoms with Crippen molar-refractivity contribution < 1.29 is 9.53 Å². The van der Waals surface area contributed by atoms with Crippen molar-refractivity contribution in [2.24, 2.45) is 0 Å². The number of carbonyl (C=O) groups is 1. The third-order valence-electron chi connectivity index (χ3n) is 3.38. The topological polar surface area (TPSA) is 68.2 Å². The van der Waals surface area contributed by atoms with Crippen molar-refractivity contribution in [3.8, 4) is 10.4 Å². The molecule has 3 aromatic rings. The van der Waals surface area contributed by atoms with Gasteiger partial charge in [0.25, 0.3) is 0 Å². The predicted molar refractivity (Wildman–Crippen MR) is 96.5 cm³/mol. The molecule has 0 saturated heterocycles. The number of carbonyl (C=O) groups excluding carboxylic acids is 1. The zero-order chi connectivity index (χ0) is 16.8. The Hall–Kier alpha value is -2.64. The molecule has 6 nitrogen and oxygen atoms in total. The number of rotatable bonds is 6. The molecule has 2 amide bonds. The standard InChI is InChI=1S/C17H18N4O2S/c1-23-9-8-21-12-13(11-18-21)19-17(22)20-15-6-3-2-5-14(15)16-7-4-10-24-16/h2-7,10-12H,8-9H2,1H3,(H2,19,20,22). The van der Waals surface area contributed by atoms with Crippen LogP contribution in [0.3, 0.4) is 0 Å². The number of hydrogen-bond donors (Lipinski definition) is 2. The maximum Gasteiger partial charge on any atom is 0.323 e. The van der Waals surface area contributed by atoms with Crippen molar-refractivity contribution in [3.63, 3.8) is 0 Å². The summed E-state index contributed by atoms with van der Waals surface area (Å²) in [6.45, 7) is 1.21. The van der Waals surface area contributed by atoms with Gasteiger partial charge in [-0.3, -0.25) is 4.68 Å². The lowest BCUT2D eigenvalue weighted by molar-refractivity contribution is 0.183. The van der Waals surface area contributed by atoms with Gasteiger partial charge in [-0.05, 0) is 17.5 Å². The van der Waals surface area contributed by atoms with Gasteiger partial charge >= 0.3 is 6.03 Å². The van der Waals surface area contributed by atoms with Gasteiger partial charge < -0.3 is 15.4 Å². The fourth-order valence-electron chi connectivity index (χ4n) is 2.26. The SMILES string of the molecule is COCCn1cc(NC(=O)Nc2ccccc2-c2cccs2)cn1. The van der Waals surface area contributed by atoms with Crippen LogP contribution >= 0.6 is 11.3 Å². The van der Waals surface area contributed by atoms with E-state index in [9.17, 15) is 4.79 Å². The van der Waals surface area contributed by atoms with E-state index in [1.165, 1.54) is 0 Å². The number of aromatic nitrogens is 2. The summed E-state index contributed by atoms with van der Waals surface area (Å²) < 4.78 is 6.73. The van der Waals surface area contributed by atoms with Crippen LogP contribution in [0, 0.1) is 0 Å². The number of nitrogens with zero attached hydrogens (tertiary/aromatic N) is 2. The smallest absolute Gasteiger partial charge is 0.323 e. The molecule has 0 saturated carbocycles. The Balaban J connectivity index is 1.66. The zero-order valence-corrected chi connectivity index (χ0v) is 14.0. The van der Waals surface area contributed by atoms with Crippen molar-refractivity contribution in [3.05, 3.63) is 54.2 Å². The molecule has 0 fully saturated rings. The normalized spacial score (nSPS) is 10.5. The number of benzene rings is 1. The first kappa shape index (κ1) is 16.2. The number of ether oxygens (including phenoxy) is 1. The van der Waals surface area contributed by atoms with E-state index in [0.717, 1.165) is 16.1 Å². The largest absolute Gasteiger partial charge is 0.383 e. The molecule has 124 valence electrons. The summed E-state index contributed by atoms with van der Waals surface area (Å²) in [5, 5.41) is 11.9. The minimum atomic E-state index is -0.301. The summed E-state index contributed by atoms with van der Waals surface area (Å²) in [6.07, 6.45) is 3.38. The van der Waals surface area contributed by atoms with Crippen LogP contribution in [0.2, 0.25) is 0 Å². The average molecular weight is 342 g/mol. The quantitative estimate of drug-likeness (QED) is 0.714. The molecule has 0 bridgehead atoms. The van der Waals surface area contributed by atoms with Gasteiger partial charge in [0.15, 0.2) is 0 Å². The first-order valence-corrected chi connectivity index (χ1v) is 8.36. The van der Waals surface area contributed by atoms with Gasteiger partial charge in [-0.2, -0.15) is 5.10 Å². The molecule has 1 aromatic carbocycles. The van der Waals surface area contributed by atoms with Crippen LogP contribution in [-0.4, -0.2) is 29.5 Å². The van der Waals surface area contributed by atoms with E-state index in [4.69, 9.17) is 4.74 Å². The number of anilines is 2. The number of urea groups is 1. The van der Waals surface area contributed by atoms with Crippen LogP contribution < -0.4 is 10.6 Å². The van der Waals surface area contributed by atoms with Crippen molar-refractivity contribution in [1.29, 1.82) is 0 Å². The number of hydrogen-bond acceptors (Lipinski definition) is 4. The Morgan fingerprint density at radius 1 is 1.25 bits per heavy atom. The van der Waals surface area contributed by atoms with Crippen LogP contribution in [0.25, 0.3) is 10.4 Å². The van der Waals surface area contributed by atoms with E-state index < -0.39 is 0 Å². The van der Waals surface area contributed by atoms with Crippen LogP contribution in [0.15, 0.2) is 54.2 Å². The molecule has 0 unspecified atom stereocenters. The molecule has 0 aliphatic carbocycles.